The maximum atomic E-state index is 12.1. The molecule has 1 amide bonds. The average Bonchev–Trinajstić information content (AvgIpc) is 2.64. The van der Waals surface area contributed by atoms with Crippen LogP contribution >= 0.6 is 0 Å². The molecule has 0 atom stereocenters. The second-order valence-corrected chi connectivity index (χ2v) is 5.23. The number of benzene rings is 1. The minimum Gasteiger partial charge on any atom is -0.497 e. The molecule has 0 saturated carbocycles. The Hall–Kier alpha value is -2.60. The number of pyridine rings is 1. The van der Waals surface area contributed by atoms with Crippen LogP contribution in [0.5, 0.6) is 5.75 Å². The topological polar surface area (TPSA) is 72.5 Å². The van der Waals surface area contributed by atoms with E-state index >= 15 is 0 Å². The SMILES string of the molecule is COCCCNC(=O)c1ccnc(NCc2ccc(OC)cc2)c1. The number of hydrogen-bond acceptors (Lipinski definition) is 5. The number of nitrogens with one attached hydrogen (secondary N) is 2. The van der Waals surface area contributed by atoms with Crippen LogP contribution in [0.3, 0.4) is 0 Å². The van der Waals surface area contributed by atoms with E-state index in [9.17, 15) is 4.79 Å². The monoisotopic (exact) mass is 329 g/mol. The first kappa shape index (κ1) is 17.7. The second-order valence-electron chi connectivity index (χ2n) is 5.23. The molecule has 128 valence electrons. The van der Waals surface area contributed by atoms with E-state index in [1.807, 2.05) is 24.3 Å². The Morgan fingerprint density at radius 2 is 1.96 bits per heavy atom. The van der Waals surface area contributed by atoms with Gasteiger partial charge in [0.05, 0.1) is 7.11 Å². The van der Waals surface area contributed by atoms with Crippen LogP contribution in [0.1, 0.15) is 22.3 Å². The minimum absolute atomic E-state index is 0.110. The molecule has 2 N–H and O–H groups in total. The Labute approximate surface area is 142 Å². The standard InChI is InChI=1S/C18H23N3O3/c1-23-11-3-9-20-18(22)15-8-10-19-17(12-15)21-13-14-4-6-16(24-2)7-5-14/h4-8,10,12H,3,9,11,13H2,1-2H3,(H,19,21)(H,20,22). The molecule has 1 aromatic carbocycles. The van der Waals surface area contributed by atoms with E-state index in [2.05, 4.69) is 15.6 Å². The Morgan fingerprint density at radius 3 is 2.67 bits per heavy atom. The fourth-order valence-electron chi connectivity index (χ4n) is 2.12. The summed E-state index contributed by atoms with van der Waals surface area (Å²) in [6, 6.07) is 11.2. The van der Waals surface area contributed by atoms with E-state index in [0.29, 0.717) is 31.1 Å². The number of nitrogens with zero attached hydrogens (tertiary/aromatic N) is 1. The highest BCUT2D eigenvalue weighted by atomic mass is 16.5. The van der Waals surface area contributed by atoms with Crippen LogP contribution in [-0.2, 0) is 11.3 Å². The number of ether oxygens (including phenoxy) is 2. The first-order valence-corrected chi connectivity index (χ1v) is 7.83. The molecule has 0 unspecified atom stereocenters. The lowest BCUT2D eigenvalue weighted by molar-refractivity contribution is 0.0948. The van der Waals surface area contributed by atoms with Gasteiger partial charge < -0.3 is 20.1 Å². The quantitative estimate of drug-likeness (QED) is 0.692. The number of carbonyl (C=O) groups excluding carboxylic acids is 1. The molecule has 0 fully saturated rings. The first-order valence-electron chi connectivity index (χ1n) is 7.83. The molecule has 6 heteroatoms. The predicted molar refractivity (Wildman–Crippen MR) is 93.4 cm³/mol. The summed E-state index contributed by atoms with van der Waals surface area (Å²) in [5.74, 6) is 1.38. The normalized spacial score (nSPS) is 10.2. The molecule has 24 heavy (non-hydrogen) atoms. The van der Waals surface area contributed by atoms with Gasteiger partial charge in [0.25, 0.3) is 5.91 Å². The summed E-state index contributed by atoms with van der Waals surface area (Å²) in [4.78, 5) is 16.3. The molecule has 2 aromatic rings. The van der Waals surface area contributed by atoms with Crippen molar-refractivity contribution in [2.24, 2.45) is 0 Å². The van der Waals surface area contributed by atoms with Crippen LogP contribution in [0.2, 0.25) is 0 Å². The van der Waals surface area contributed by atoms with E-state index in [4.69, 9.17) is 9.47 Å². The molecule has 0 aliphatic rings. The Bertz CT molecular complexity index is 644. The molecule has 0 spiro atoms. The van der Waals surface area contributed by atoms with Crippen molar-refractivity contribution in [3.63, 3.8) is 0 Å². The van der Waals surface area contributed by atoms with E-state index in [1.54, 1.807) is 32.5 Å². The second kappa shape index (κ2) is 9.52. The summed E-state index contributed by atoms with van der Waals surface area (Å²) in [5.41, 5.74) is 1.69. The zero-order chi connectivity index (χ0) is 17.2. The van der Waals surface area contributed by atoms with Gasteiger partial charge in [-0.25, -0.2) is 4.98 Å². The van der Waals surface area contributed by atoms with Gasteiger partial charge in [-0.2, -0.15) is 0 Å². The Kier molecular flexibility index (Phi) is 7.04. The smallest absolute Gasteiger partial charge is 0.251 e. The lowest BCUT2D eigenvalue weighted by Crippen LogP contribution is -2.25. The van der Waals surface area contributed by atoms with E-state index in [0.717, 1.165) is 17.7 Å². The van der Waals surface area contributed by atoms with Gasteiger partial charge in [-0.3, -0.25) is 4.79 Å². The fraction of sp³-hybridized carbons (Fsp3) is 0.333. The van der Waals surface area contributed by atoms with Crippen LogP contribution in [0.15, 0.2) is 42.6 Å². The number of rotatable bonds is 9. The highest BCUT2D eigenvalue weighted by Gasteiger charge is 2.06. The molecule has 0 aliphatic carbocycles. The summed E-state index contributed by atoms with van der Waals surface area (Å²) < 4.78 is 10.1. The number of carbonyl (C=O) groups is 1. The molecule has 0 radical (unpaired) electrons. The van der Waals surface area contributed by atoms with Crippen LogP contribution in [0.25, 0.3) is 0 Å². The number of hydrogen-bond donors (Lipinski definition) is 2. The van der Waals surface area contributed by atoms with Crippen molar-refractivity contribution in [1.29, 1.82) is 0 Å². The lowest BCUT2D eigenvalue weighted by Gasteiger charge is -2.09. The third-order valence-corrected chi connectivity index (χ3v) is 3.47. The van der Waals surface area contributed by atoms with Gasteiger partial charge in [0.1, 0.15) is 11.6 Å². The zero-order valence-electron chi connectivity index (χ0n) is 14.0. The number of methoxy groups -OCH3 is 2. The number of anilines is 1. The number of amides is 1. The van der Waals surface area contributed by atoms with E-state index in [-0.39, 0.29) is 5.91 Å². The van der Waals surface area contributed by atoms with Crippen molar-refractivity contribution in [2.75, 3.05) is 32.7 Å². The fourth-order valence-corrected chi connectivity index (χ4v) is 2.12. The zero-order valence-corrected chi connectivity index (χ0v) is 14.0. The summed E-state index contributed by atoms with van der Waals surface area (Å²) in [5, 5.41) is 6.08. The lowest BCUT2D eigenvalue weighted by atomic mass is 10.2. The third-order valence-electron chi connectivity index (χ3n) is 3.47. The van der Waals surface area contributed by atoms with Crippen molar-refractivity contribution in [1.82, 2.24) is 10.3 Å². The van der Waals surface area contributed by atoms with Crippen molar-refractivity contribution in [3.8, 4) is 5.75 Å². The van der Waals surface area contributed by atoms with Gasteiger partial charge in [0, 0.05) is 38.6 Å². The molecule has 1 aromatic heterocycles. The summed E-state index contributed by atoms with van der Waals surface area (Å²) in [6.07, 6.45) is 2.41. The van der Waals surface area contributed by atoms with Crippen molar-refractivity contribution in [2.45, 2.75) is 13.0 Å². The highest BCUT2D eigenvalue weighted by molar-refractivity contribution is 5.94. The van der Waals surface area contributed by atoms with Crippen molar-refractivity contribution >= 4 is 11.7 Å². The Morgan fingerprint density at radius 1 is 1.17 bits per heavy atom. The van der Waals surface area contributed by atoms with Gasteiger partial charge in [-0.05, 0) is 36.2 Å². The minimum atomic E-state index is -0.110. The molecule has 2 rings (SSSR count). The van der Waals surface area contributed by atoms with Crippen molar-refractivity contribution < 1.29 is 14.3 Å². The maximum Gasteiger partial charge on any atom is 0.251 e. The van der Waals surface area contributed by atoms with Gasteiger partial charge >= 0.3 is 0 Å². The summed E-state index contributed by atoms with van der Waals surface area (Å²) >= 11 is 0. The molecule has 0 bridgehead atoms. The molecule has 0 aliphatic heterocycles. The third kappa shape index (κ3) is 5.55. The Balaban J connectivity index is 1.88. The first-order chi connectivity index (χ1) is 11.7. The van der Waals surface area contributed by atoms with Gasteiger partial charge in [0.2, 0.25) is 0 Å². The molecule has 1 heterocycles. The van der Waals surface area contributed by atoms with Gasteiger partial charge in [0.15, 0.2) is 0 Å². The van der Waals surface area contributed by atoms with E-state index < -0.39 is 0 Å². The summed E-state index contributed by atoms with van der Waals surface area (Å²) in [6.45, 7) is 1.84. The average molecular weight is 329 g/mol. The molecule has 0 saturated heterocycles. The van der Waals surface area contributed by atoms with Crippen LogP contribution < -0.4 is 15.4 Å². The predicted octanol–water partition coefficient (Wildman–Crippen LogP) is 2.47. The van der Waals surface area contributed by atoms with Gasteiger partial charge in [-0.15, -0.1) is 0 Å². The molecule has 6 nitrogen and oxygen atoms in total. The van der Waals surface area contributed by atoms with E-state index in [1.165, 1.54) is 0 Å². The van der Waals surface area contributed by atoms with Crippen LogP contribution in [-0.4, -0.2) is 38.3 Å². The molecular weight excluding hydrogens is 306 g/mol. The number of aromatic nitrogens is 1. The largest absolute Gasteiger partial charge is 0.497 e. The van der Waals surface area contributed by atoms with Gasteiger partial charge in [-0.1, -0.05) is 12.1 Å². The molecular formula is C18H23N3O3. The summed E-state index contributed by atoms with van der Waals surface area (Å²) in [7, 11) is 3.29. The highest BCUT2D eigenvalue weighted by Crippen LogP contribution is 2.13. The van der Waals surface area contributed by atoms with Crippen molar-refractivity contribution in [3.05, 3.63) is 53.7 Å². The maximum absolute atomic E-state index is 12.1. The van der Waals surface area contributed by atoms with Crippen LogP contribution in [0.4, 0.5) is 5.82 Å². The van der Waals surface area contributed by atoms with Crippen LogP contribution in [0, 0.1) is 0 Å².